The van der Waals surface area contributed by atoms with Crippen LogP contribution in [0.2, 0.25) is 0 Å². The van der Waals surface area contributed by atoms with Crippen molar-refractivity contribution in [2.75, 3.05) is 0 Å². The third-order valence-corrected chi connectivity index (χ3v) is 10.9. The maximum atomic E-state index is 2.47. The molecule has 0 unspecified atom stereocenters. The number of hydrogen-bond donors (Lipinski definition) is 0. The highest BCUT2D eigenvalue weighted by atomic mass is 15.0. The minimum atomic E-state index is 1.15. The van der Waals surface area contributed by atoms with Crippen LogP contribution in [0.15, 0.2) is 194 Å². The molecule has 11 rings (SSSR count). The van der Waals surface area contributed by atoms with E-state index in [4.69, 9.17) is 0 Å². The molecular weight excluding hydrogens is 629 g/mol. The molecule has 0 spiro atoms. The number of rotatable bonds is 4. The molecule has 0 bridgehead atoms. The van der Waals surface area contributed by atoms with Crippen LogP contribution in [-0.2, 0) is 0 Å². The normalized spacial score (nSPS) is 11.8. The van der Waals surface area contributed by atoms with Gasteiger partial charge < -0.3 is 9.13 Å². The molecule has 0 saturated carbocycles. The topological polar surface area (TPSA) is 9.86 Å². The third kappa shape index (κ3) is 4.25. The van der Waals surface area contributed by atoms with Gasteiger partial charge in [0.2, 0.25) is 0 Å². The summed E-state index contributed by atoms with van der Waals surface area (Å²) in [4.78, 5) is 0. The molecule has 0 saturated heterocycles. The zero-order valence-electron chi connectivity index (χ0n) is 28.4. The Bertz CT molecular complexity index is 3160. The van der Waals surface area contributed by atoms with Crippen LogP contribution in [0.25, 0.3) is 98.8 Å². The largest absolute Gasteiger partial charge is 0.309 e. The van der Waals surface area contributed by atoms with Crippen LogP contribution in [0, 0.1) is 0 Å². The first kappa shape index (κ1) is 28.9. The Morgan fingerprint density at radius 3 is 1.23 bits per heavy atom. The van der Waals surface area contributed by atoms with E-state index in [1.54, 1.807) is 0 Å². The van der Waals surface area contributed by atoms with Crippen molar-refractivity contribution >= 4 is 64.9 Å². The van der Waals surface area contributed by atoms with Crippen LogP contribution in [0.4, 0.5) is 0 Å². The second-order valence-electron chi connectivity index (χ2n) is 13.7. The van der Waals surface area contributed by atoms with Crippen molar-refractivity contribution in [3.05, 3.63) is 194 Å². The van der Waals surface area contributed by atoms with Crippen molar-refractivity contribution in [3.63, 3.8) is 0 Å². The van der Waals surface area contributed by atoms with E-state index in [0.29, 0.717) is 0 Å². The standard InChI is InChI=1S/C50H32N2/c1-3-18-37(19-4-1)51-45-25-13-8-16-35(45)30-47(51)49-40-23-11-12-24-41(40)50(44-32-42-34(29-43(44)49)28-27-33-15-7-10-22-39(33)42)48-31-36-17-9-14-26-46(36)52(48)38-20-5-2-6-21-38/h1-32H. The van der Waals surface area contributed by atoms with Gasteiger partial charge in [0, 0.05) is 33.3 Å². The average molecular weight is 661 g/mol. The van der Waals surface area contributed by atoms with Crippen molar-refractivity contribution in [3.8, 4) is 33.9 Å². The van der Waals surface area contributed by atoms with E-state index in [1.165, 1.54) is 87.4 Å². The number of hydrogen-bond acceptors (Lipinski definition) is 0. The van der Waals surface area contributed by atoms with Crippen LogP contribution < -0.4 is 0 Å². The Hall–Kier alpha value is -6.90. The summed E-state index contributed by atoms with van der Waals surface area (Å²) in [5, 5.41) is 12.4. The van der Waals surface area contributed by atoms with E-state index in [0.717, 1.165) is 11.4 Å². The molecule has 11 aromatic rings. The number of para-hydroxylation sites is 4. The molecular formula is C50H32N2. The summed E-state index contributed by atoms with van der Waals surface area (Å²) in [6, 6.07) is 71.2. The van der Waals surface area contributed by atoms with Gasteiger partial charge in [0.15, 0.2) is 0 Å². The molecule has 2 heterocycles. The quantitative estimate of drug-likeness (QED) is 0.131. The molecule has 0 amide bonds. The molecule has 0 aliphatic carbocycles. The van der Waals surface area contributed by atoms with Crippen LogP contribution in [0.5, 0.6) is 0 Å². The maximum Gasteiger partial charge on any atom is 0.0553 e. The van der Waals surface area contributed by atoms with Gasteiger partial charge in [0.25, 0.3) is 0 Å². The lowest BCUT2D eigenvalue weighted by molar-refractivity contribution is 1.14. The molecule has 242 valence electrons. The summed E-state index contributed by atoms with van der Waals surface area (Å²) in [6.45, 7) is 0. The van der Waals surface area contributed by atoms with Crippen molar-refractivity contribution in [2.24, 2.45) is 0 Å². The van der Waals surface area contributed by atoms with Crippen molar-refractivity contribution in [2.45, 2.75) is 0 Å². The molecule has 0 fully saturated rings. The molecule has 2 aromatic heterocycles. The fourth-order valence-electron chi connectivity index (χ4n) is 8.62. The van der Waals surface area contributed by atoms with Gasteiger partial charge in [-0.3, -0.25) is 0 Å². The lowest BCUT2D eigenvalue weighted by Crippen LogP contribution is -2.01. The third-order valence-electron chi connectivity index (χ3n) is 10.9. The molecule has 0 aliphatic rings. The van der Waals surface area contributed by atoms with Gasteiger partial charge in [-0.05, 0) is 104 Å². The first-order valence-electron chi connectivity index (χ1n) is 17.9. The number of fused-ring (bicyclic) bond motifs is 7. The first-order valence-corrected chi connectivity index (χ1v) is 17.9. The molecule has 2 heteroatoms. The van der Waals surface area contributed by atoms with Gasteiger partial charge in [-0.1, -0.05) is 133 Å². The van der Waals surface area contributed by atoms with Crippen molar-refractivity contribution in [1.82, 2.24) is 9.13 Å². The smallest absolute Gasteiger partial charge is 0.0553 e. The van der Waals surface area contributed by atoms with Gasteiger partial charge in [-0.15, -0.1) is 0 Å². The van der Waals surface area contributed by atoms with Gasteiger partial charge >= 0.3 is 0 Å². The predicted molar refractivity (Wildman–Crippen MR) is 221 cm³/mol. The molecule has 0 N–H and O–H groups in total. The number of benzene rings is 9. The van der Waals surface area contributed by atoms with E-state index in [-0.39, 0.29) is 0 Å². The Labute approximate surface area is 301 Å². The Kier molecular flexibility index (Phi) is 6.28. The molecule has 0 atom stereocenters. The summed E-state index contributed by atoms with van der Waals surface area (Å²) in [5.74, 6) is 0. The molecule has 9 aromatic carbocycles. The second-order valence-corrected chi connectivity index (χ2v) is 13.7. The van der Waals surface area contributed by atoms with Gasteiger partial charge in [-0.2, -0.15) is 0 Å². The highest BCUT2D eigenvalue weighted by Crippen LogP contribution is 2.48. The number of aromatic nitrogens is 2. The van der Waals surface area contributed by atoms with Gasteiger partial charge in [0.05, 0.1) is 22.4 Å². The summed E-state index contributed by atoms with van der Waals surface area (Å²) in [7, 11) is 0. The van der Waals surface area contributed by atoms with E-state index in [2.05, 4.69) is 203 Å². The lowest BCUT2D eigenvalue weighted by Gasteiger charge is -2.21. The number of nitrogens with zero attached hydrogens (tertiary/aromatic N) is 2. The highest BCUT2D eigenvalue weighted by molar-refractivity contribution is 6.26. The first-order chi connectivity index (χ1) is 25.8. The van der Waals surface area contributed by atoms with Crippen LogP contribution in [0.1, 0.15) is 0 Å². The molecule has 2 nitrogen and oxygen atoms in total. The molecule has 0 radical (unpaired) electrons. The summed E-state index contributed by atoms with van der Waals surface area (Å²) in [5.41, 5.74) is 9.54. The fourth-order valence-corrected chi connectivity index (χ4v) is 8.62. The van der Waals surface area contributed by atoms with Gasteiger partial charge in [0.1, 0.15) is 0 Å². The predicted octanol–water partition coefficient (Wildman–Crippen LogP) is 13.5. The van der Waals surface area contributed by atoms with Crippen molar-refractivity contribution < 1.29 is 0 Å². The Morgan fingerprint density at radius 1 is 0.250 bits per heavy atom. The van der Waals surface area contributed by atoms with Crippen LogP contribution in [0.3, 0.4) is 0 Å². The van der Waals surface area contributed by atoms with E-state index >= 15 is 0 Å². The van der Waals surface area contributed by atoms with Crippen LogP contribution in [-0.4, -0.2) is 9.13 Å². The summed E-state index contributed by atoms with van der Waals surface area (Å²) in [6.07, 6.45) is 0. The molecule has 52 heavy (non-hydrogen) atoms. The summed E-state index contributed by atoms with van der Waals surface area (Å²) < 4.78 is 4.90. The fraction of sp³-hybridized carbons (Fsp3) is 0. The minimum Gasteiger partial charge on any atom is -0.309 e. The lowest BCUT2D eigenvalue weighted by atomic mass is 9.86. The summed E-state index contributed by atoms with van der Waals surface area (Å²) >= 11 is 0. The highest BCUT2D eigenvalue weighted by Gasteiger charge is 2.24. The monoisotopic (exact) mass is 660 g/mol. The Morgan fingerprint density at radius 2 is 0.673 bits per heavy atom. The van der Waals surface area contributed by atoms with E-state index < -0.39 is 0 Å². The Balaban J connectivity index is 1.37. The van der Waals surface area contributed by atoms with Gasteiger partial charge in [-0.25, -0.2) is 0 Å². The van der Waals surface area contributed by atoms with Crippen molar-refractivity contribution in [1.29, 1.82) is 0 Å². The van der Waals surface area contributed by atoms with Crippen LogP contribution >= 0.6 is 0 Å². The van der Waals surface area contributed by atoms with E-state index in [1.807, 2.05) is 0 Å². The SMILES string of the molecule is c1ccc(-n2c(-c3c4ccccc4c(-c4cc5ccccc5n4-c4ccccc4)c4cc5c(ccc6ccccc65)cc34)cc3ccccc32)cc1. The van der Waals surface area contributed by atoms with E-state index in [9.17, 15) is 0 Å². The maximum absolute atomic E-state index is 2.47. The minimum absolute atomic E-state index is 1.15. The zero-order chi connectivity index (χ0) is 34.2. The molecule has 0 aliphatic heterocycles. The second kappa shape index (κ2) is 11.3. The zero-order valence-corrected chi connectivity index (χ0v) is 28.4. The average Bonchev–Trinajstić information content (AvgIpc) is 3.79.